The highest BCUT2D eigenvalue weighted by Gasteiger charge is 2.32. The Bertz CT molecular complexity index is 1240. The van der Waals surface area contributed by atoms with E-state index in [4.69, 9.17) is 9.84 Å². The van der Waals surface area contributed by atoms with Crippen LogP contribution in [-0.4, -0.2) is 26.8 Å². The minimum absolute atomic E-state index is 0.315. The second kappa shape index (κ2) is 11.1. The van der Waals surface area contributed by atoms with E-state index in [0.29, 0.717) is 34.5 Å². The summed E-state index contributed by atoms with van der Waals surface area (Å²) in [4.78, 5) is 22.7. The fourth-order valence-electron chi connectivity index (χ4n) is 3.78. The van der Waals surface area contributed by atoms with Crippen LogP contribution in [0.15, 0.2) is 61.1 Å². The molecule has 2 N–H and O–H groups in total. The monoisotopic (exact) mass is 501 g/mol. The number of carboxylic acids is 1. The number of ether oxygens (including phenoxy) is 1. The largest absolute Gasteiger partial charge is 0.486 e. The van der Waals surface area contributed by atoms with E-state index in [0.717, 1.165) is 36.7 Å². The Balaban J connectivity index is 1.80. The zero-order valence-corrected chi connectivity index (χ0v) is 20.0. The molecule has 0 fully saturated rings. The number of carbonyl (C=O) groups is 2. The van der Waals surface area contributed by atoms with Gasteiger partial charge in [-0.1, -0.05) is 25.5 Å². The van der Waals surface area contributed by atoms with Gasteiger partial charge in [0.1, 0.15) is 11.9 Å². The van der Waals surface area contributed by atoms with Gasteiger partial charge in [0, 0.05) is 24.0 Å². The zero-order valence-electron chi connectivity index (χ0n) is 20.0. The zero-order chi connectivity index (χ0) is 26.5. The molecule has 1 aromatic heterocycles. The van der Waals surface area contributed by atoms with E-state index < -0.39 is 23.6 Å². The van der Waals surface area contributed by atoms with Crippen molar-refractivity contribution in [3.63, 3.8) is 0 Å². The lowest BCUT2D eigenvalue weighted by Crippen LogP contribution is -2.17. The van der Waals surface area contributed by atoms with Crippen molar-refractivity contribution in [1.29, 1.82) is 0 Å². The molecule has 1 amide bonds. The molecule has 0 aliphatic carbocycles. The molecule has 2 aromatic carbocycles. The average molecular weight is 502 g/mol. The van der Waals surface area contributed by atoms with Gasteiger partial charge < -0.3 is 15.2 Å². The molecule has 0 bridgehead atoms. The van der Waals surface area contributed by atoms with Crippen LogP contribution in [0.1, 0.15) is 58.5 Å². The summed E-state index contributed by atoms with van der Waals surface area (Å²) < 4.78 is 46.5. The van der Waals surface area contributed by atoms with Crippen molar-refractivity contribution in [2.45, 2.75) is 45.9 Å². The molecule has 3 aromatic rings. The summed E-state index contributed by atoms with van der Waals surface area (Å²) in [6, 6.07) is 10.3. The number of hydrogen-bond acceptors (Lipinski definition) is 4. The lowest BCUT2D eigenvalue weighted by Gasteiger charge is -2.21. The third-order valence-corrected chi connectivity index (χ3v) is 5.42. The van der Waals surface area contributed by atoms with Crippen LogP contribution in [0.4, 0.5) is 13.2 Å². The number of halogens is 3. The van der Waals surface area contributed by atoms with Gasteiger partial charge in [-0.05, 0) is 61.2 Å². The van der Waals surface area contributed by atoms with Crippen LogP contribution in [0.3, 0.4) is 0 Å². The van der Waals surface area contributed by atoms with Crippen molar-refractivity contribution in [3.05, 3.63) is 88.9 Å². The van der Waals surface area contributed by atoms with Gasteiger partial charge in [-0.25, -0.2) is 9.48 Å². The van der Waals surface area contributed by atoms with E-state index in [-0.39, 0.29) is 6.10 Å². The van der Waals surface area contributed by atoms with E-state index >= 15 is 0 Å². The first-order chi connectivity index (χ1) is 17.0. The van der Waals surface area contributed by atoms with Gasteiger partial charge in [0.05, 0.1) is 17.4 Å². The van der Waals surface area contributed by atoms with E-state index in [9.17, 15) is 22.8 Å². The third-order valence-electron chi connectivity index (χ3n) is 5.42. The van der Waals surface area contributed by atoms with Crippen molar-refractivity contribution in [2.75, 3.05) is 0 Å². The van der Waals surface area contributed by atoms with Crippen LogP contribution in [0, 0.1) is 13.8 Å². The summed E-state index contributed by atoms with van der Waals surface area (Å²) in [5, 5.41) is 14.9. The quantitative estimate of drug-likeness (QED) is 0.364. The fraction of sp³-hybridized carbons (Fsp3) is 0.269. The molecule has 1 unspecified atom stereocenters. The first kappa shape index (κ1) is 26.5. The predicted octanol–water partition coefficient (Wildman–Crippen LogP) is 5.76. The van der Waals surface area contributed by atoms with Crippen molar-refractivity contribution in [2.24, 2.45) is 0 Å². The molecule has 10 heteroatoms. The third kappa shape index (κ3) is 6.53. The molecule has 190 valence electrons. The Hall–Kier alpha value is -4.08. The molecule has 3 rings (SSSR count). The second-order valence-corrected chi connectivity index (χ2v) is 8.24. The lowest BCUT2D eigenvalue weighted by molar-refractivity contribution is -0.137. The predicted molar refractivity (Wildman–Crippen MR) is 127 cm³/mol. The van der Waals surface area contributed by atoms with E-state index in [1.165, 1.54) is 4.68 Å². The number of aromatic nitrogens is 2. The second-order valence-electron chi connectivity index (χ2n) is 8.24. The normalized spacial score (nSPS) is 12.5. The Kier molecular flexibility index (Phi) is 8.18. The number of alkyl halides is 3. The minimum atomic E-state index is -4.47. The lowest BCUT2D eigenvalue weighted by atomic mass is 10.0. The molecule has 0 saturated heterocycles. The number of hydrogen-bond donors (Lipinski definition) is 2. The molecule has 0 aliphatic rings. The molecule has 0 aliphatic heterocycles. The summed E-state index contributed by atoms with van der Waals surface area (Å²) >= 11 is 0. The van der Waals surface area contributed by atoms with E-state index in [2.05, 4.69) is 10.4 Å². The summed E-state index contributed by atoms with van der Waals surface area (Å²) in [7, 11) is 0. The maximum Gasteiger partial charge on any atom is 0.419 e. The molecule has 1 atom stereocenters. The Labute approximate surface area is 206 Å². The summed E-state index contributed by atoms with van der Waals surface area (Å²) in [6.07, 6.45) is 0.388. The molecule has 1 heterocycles. The first-order valence-electron chi connectivity index (χ1n) is 11.2. The van der Waals surface area contributed by atoms with Crippen molar-refractivity contribution in [1.82, 2.24) is 15.1 Å². The van der Waals surface area contributed by atoms with Gasteiger partial charge in [-0.15, -0.1) is 0 Å². The first-order valence-corrected chi connectivity index (χ1v) is 11.2. The number of aryl methyl sites for hydroxylation is 2. The summed E-state index contributed by atoms with van der Waals surface area (Å²) in [5.41, 5.74) is 2.35. The van der Waals surface area contributed by atoms with E-state index in [1.807, 2.05) is 6.92 Å². The number of nitrogens with one attached hydrogen (secondary N) is 1. The molecule has 0 radical (unpaired) electrons. The van der Waals surface area contributed by atoms with Crippen LogP contribution < -0.4 is 10.1 Å². The van der Waals surface area contributed by atoms with Crippen LogP contribution in [0.2, 0.25) is 0 Å². The molecule has 36 heavy (non-hydrogen) atoms. The highest BCUT2D eigenvalue weighted by molar-refractivity contribution is 5.95. The Morgan fingerprint density at radius 2 is 1.81 bits per heavy atom. The van der Waals surface area contributed by atoms with Crippen molar-refractivity contribution >= 4 is 11.9 Å². The highest BCUT2D eigenvalue weighted by atomic mass is 19.4. The SMILES string of the molecule is CCCC(Oc1cc(C)c(-n2cc(C(F)(F)F)cn2)c(C)c1)c1ccc(C(=O)N/C=C/C(=O)O)cc1. The van der Waals surface area contributed by atoms with Gasteiger partial charge in [0.2, 0.25) is 0 Å². The van der Waals surface area contributed by atoms with Gasteiger partial charge >= 0.3 is 12.1 Å². The van der Waals surface area contributed by atoms with Gasteiger partial charge in [-0.2, -0.15) is 18.3 Å². The number of nitrogens with zero attached hydrogens (tertiary/aromatic N) is 2. The molecule has 7 nitrogen and oxygen atoms in total. The standard InChI is InChI=1S/C26H26F3N3O4/c1-4-5-22(18-6-8-19(9-7-18)25(35)30-11-10-23(33)34)36-21-12-16(2)24(17(3)13-21)32-15-20(14-31-32)26(27,28)29/h6-15,22H,4-5H2,1-3H3,(H,30,35)(H,33,34)/b11-10+. The number of carbonyl (C=O) groups excluding carboxylic acids is 1. The number of amides is 1. The maximum absolute atomic E-state index is 13.0. The average Bonchev–Trinajstić information content (AvgIpc) is 3.28. The van der Waals surface area contributed by atoms with Crippen molar-refractivity contribution < 1.29 is 32.6 Å². The molecular formula is C26H26F3N3O4. The fourth-order valence-corrected chi connectivity index (χ4v) is 3.78. The van der Waals surface area contributed by atoms with Crippen LogP contribution in [-0.2, 0) is 11.0 Å². The Morgan fingerprint density at radius 3 is 2.33 bits per heavy atom. The topological polar surface area (TPSA) is 93.5 Å². The number of benzene rings is 2. The van der Waals surface area contributed by atoms with Crippen LogP contribution >= 0.6 is 0 Å². The minimum Gasteiger partial charge on any atom is -0.486 e. The van der Waals surface area contributed by atoms with Crippen molar-refractivity contribution in [3.8, 4) is 11.4 Å². The van der Waals surface area contributed by atoms with Gasteiger partial charge in [0.25, 0.3) is 5.91 Å². The van der Waals surface area contributed by atoms with E-state index in [1.54, 1.807) is 50.2 Å². The van der Waals surface area contributed by atoms with Crippen LogP contribution in [0.25, 0.3) is 5.69 Å². The number of carboxylic acid groups (broad SMARTS) is 1. The van der Waals surface area contributed by atoms with Gasteiger partial charge in [0.15, 0.2) is 0 Å². The summed E-state index contributed by atoms with van der Waals surface area (Å²) in [6.45, 7) is 5.58. The molecule has 0 saturated carbocycles. The van der Waals surface area contributed by atoms with Crippen LogP contribution in [0.5, 0.6) is 5.75 Å². The smallest absolute Gasteiger partial charge is 0.419 e. The summed E-state index contributed by atoms with van der Waals surface area (Å²) in [5.74, 6) is -1.04. The Morgan fingerprint density at radius 1 is 1.17 bits per heavy atom. The highest BCUT2D eigenvalue weighted by Crippen LogP contribution is 2.33. The molecule has 0 spiro atoms. The van der Waals surface area contributed by atoms with Gasteiger partial charge in [-0.3, -0.25) is 4.79 Å². The number of aliphatic carboxylic acids is 1. The maximum atomic E-state index is 13.0. The molecular weight excluding hydrogens is 475 g/mol. The number of rotatable bonds is 9.